The molecule has 3 rings (SSSR count). The topological polar surface area (TPSA) is 56.5 Å². The lowest BCUT2D eigenvalue weighted by atomic mass is 10.0. The molecule has 0 radical (unpaired) electrons. The fourth-order valence-electron chi connectivity index (χ4n) is 2.63. The Morgan fingerprint density at radius 1 is 1.19 bits per heavy atom. The van der Waals surface area contributed by atoms with Gasteiger partial charge in [0.2, 0.25) is 0 Å². The van der Waals surface area contributed by atoms with Crippen molar-refractivity contribution in [2.45, 2.75) is 26.2 Å². The van der Waals surface area contributed by atoms with E-state index in [9.17, 15) is 9.59 Å². The minimum atomic E-state index is -0.532. The van der Waals surface area contributed by atoms with E-state index < -0.39 is 5.97 Å². The van der Waals surface area contributed by atoms with E-state index in [0.29, 0.717) is 16.9 Å². The first-order valence-corrected chi connectivity index (χ1v) is 7.01. The van der Waals surface area contributed by atoms with Crippen molar-refractivity contribution < 1.29 is 18.7 Å². The van der Waals surface area contributed by atoms with Crippen molar-refractivity contribution in [3.63, 3.8) is 0 Å². The SMILES string of the molecule is Cc1occc1C(=O)OCC(=O)c1ccc2c(c1)CCC2. The first-order valence-electron chi connectivity index (χ1n) is 7.01. The Balaban J connectivity index is 1.64. The molecule has 0 saturated heterocycles. The summed E-state index contributed by atoms with van der Waals surface area (Å²) in [6, 6.07) is 7.26. The number of Topliss-reactive ketones (excluding diaryl/α,β-unsaturated/α-hetero) is 1. The second kappa shape index (κ2) is 5.56. The van der Waals surface area contributed by atoms with Crippen LogP contribution in [-0.2, 0) is 17.6 Å². The number of fused-ring (bicyclic) bond motifs is 1. The maximum Gasteiger partial charge on any atom is 0.342 e. The summed E-state index contributed by atoms with van der Waals surface area (Å²) < 4.78 is 10.1. The summed E-state index contributed by atoms with van der Waals surface area (Å²) in [6.07, 6.45) is 4.67. The van der Waals surface area contributed by atoms with E-state index in [1.807, 2.05) is 18.2 Å². The van der Waals surface area contributed by atoms with Crippen molar-refractivity contribution in [1.82, 2.24) is 0 Å². The number of hydrogen-bond acceptors (Lipinski definition) is 4. The molecule has 0 amide bonds. The Morgan fingerprint density at radius 3 is 2.76 bits per heavy atom. The van der Waals surface area contributed by atoms with E-state index >= 15 is 0 Å². The molecule has 0 atom stereocenters. The molecule has 1 heterocycles. The quantitative estimate of drug-likeness (QED) is 0.639. The van der Waals surface area contributed by atoms with Crippen LogP contribution in [0.1, 0.15) is 44.0 Å². The van der Waals surface area contributed by atoms with Gasteiger partial charge in [-0.2, -0.15) is 0 Å². The zero-order valence-corrected chi connectivity index (χ0v) is 11.8. The predicted octanol–water partition coefficient (Wildman–Crippen LogP) is 3.12. The zero-order chi connectivity index (χ0) is 14.8. The molecule has 1 aromatic carbocycles. The van der Waals surface area contributed by atoms with Crippen molar-refractivity contribution in [3.05, 3.63) is 58.5 Å². The van der Waals surface area contributed by atoms with Gasteiger partial charge in [0.15, 0.2) is 12.4 Å². The molecule has 0 bridgehead atoms. The third-order valence-electron chi connectivity index (χ3n) is 3.83. The third kappa shape index (κ3) is 2.75. The maximum absolute atomic E-state index is 12.1. The van der Waals surface area contributed by atoms with Crippen LogP contribution in [0.3, 0.4) is 0 Å². The molecule has 1 aromatic heterocycles. The van der Waals surface area contributed by atoms with Crippen LogP contribution < -0.4 is 0 Å². The lowest BCUT2D eigenvalue weighted by Crippen LogP contribution is -2.14. The van der Waals surface area contributed by atoms with Gasteiger partial charge >= 0.3 is 5.97 Å². The third-order valence-corrected chi connectivity index (χ3v) is 3.83. The molecule has 4 nitrogen and oxygen atoms in total. The van der Waals surface area contributed by atoms with Crippen LogP contribution in [0.4, 0.5) is 0 Å². The highest BCUT2D eigenvalue weighted by Crippen LogP contribution is 2.23. The van der Waals surface area contributed by atoms with Crippen LogP contribution in [0.25, 0.3) is 0 Å². The second-order valence-electron chi connectivity index (χ2n) is 5.23. The number of benzene rings is 1. The van der Waals surface area contributed by atoms with Crippen molar-refractivity contribution in [2.24, 2.45) is 0 Å². The summed E-state index contributed by atoms with van der Waals surface area (Å²) in [6.45, 7) is 1.43. The van der Waals surface area contributed by atoms with E-state index in [4.69, 9.17) is 9.15 Å². The minimum Gasteiger partial charge on any atom is -0.469 e. The molecule has 21 heavy (non-hydrogen) atoms. The Kier molecular flexibility index (Phi) is 3.60. The monoisotopic (exact) mass is 284 g/mol. The van der Waals surface area contributed by atoms with Crippen LogP contribution in [-0.4, -0.2) is 18.4 Å². The molecule has 0 N–H and O–H groups in total. The fourth-order valence-corrected chi connectivity index (χ4v) is 2.63. The highest BCUT2D eigenvalue weighted by atomic mass is 16.5. The average molecular weight is 284 g/mol. The largest absolute Gasteiger partial charge is 0.469 e. The first-order chi connectivity index (χ1) is 10.1. The summed E-state index contributed by atoms with van der Waals surface area (Å²) >= 11 is 0. The van der Waals surface area contributed by atoms with Gasteiger partial charge in [0.25, 0.3) is 0 Å². The molecular weight excluding hydrogens is 268 g/mol. The summed E-state index contributed by atoms with van der Waals surface area (Å²) in [7, 11) is 0. The predicted molar refractivity (Wildman–Crippen MR) is 76.5 cm³/mol. The van der Waals surface area contributed by atoms with E-state index in [-0.39, 0.29) is 12.4 Å². The van der Waals surface area contributed by atoms with Gasteiger partial charge in [-0.1, -0.05) is 12.1 Å². The maximum atomic E-state index is 12.1. The number of furan rings is 1. The minimum absolute atomic E-state index is 0.181. The highest BCUT2D eigenvalue weighted by molar-refractivity contribution is 5.99. The van der Waals surface area contributed by atoms with Crippen LogP contribution >= 0.6 is 0 Å². The smallest absolute Gasteiger partial charge is 0.342 e. The fraction of sp³-hybridized carbons (Fsp3) is 0.294. The number of aryl methyl sites for hydroxylation is 3. The molecule has 0 unspecified atom stereocenters. The van der Waals surface area contributed by atoms with Gasteiger partial charge in [0.05, 0.1) is 6.26 Å². The van der Waals surface area contributed by atoms with Gasteiger partial charge in [0, 0.05) is 5.56 Å². The average Bonchev–Trinajstić information content (AvgIpc) is 3.11. The zero-order valence-electron chi connectivity index (χ0n) is 11.8. The Hall–Kier alpha value is -2.36. The first kappa shape index (κ1) is 13.6. The van der Waals surface area contributed by atoms with Gasteiger partial charge in [-0.15, -0.1) is 0 Å². The van der Waals surface area contributed by atoms with E-state index in [1.165, 1.54) is 23.5 Å². The number of hydrogen-bond donors (Lipinski definition) is 0. The summed E-state index contributed by atoms with van der Waals surface area (Å²) in [5.74, 6) is -0.222. The summed E-state index contributed by atoms with van der Waals surface area (Å²) in [5.41, 5.74) is 3.51. The number of ether oxygens (including phenoxy) is 1. The molecule has 108 valence electrons. The summed E-state index contributed by atoms with van der Waals surface area (Å²) in [5, 5.41) is 0. The lowest BCUT2D eigenvalue weighted by Gasteiger charge is -2.05. The van der Waals surface area contributed by atoms with Crippen molar-refractivity contribution in [2.75, 3.05) is 6.61 Å². The van der Waals surface area contributed by atoms with Crippen LogP contribution in [0.2, 0.25) is 0 Å². The number of rotatable bonds is 4. The van der Waals surface area contributed by atoms with Gasteiger partial charge in [-0.3, -0.25) is 4.79 Å². The standard InChI is InChI=1S/C17H16O4/c1-11-15(7-8-20-11)17(19)21-10-16(18)14-6-5-12-3-2-4-13(12)9-14/h5-9H,2-4,10H2,1H3. The Labute approximate surface area is 122 Å². The van der Waals surface area contributed by atoms with Gasteiger partial charge in [-0.05, 0) is 49.4 Å². The molecule has 0 aliphatic heterocycles. The van der Waals surface area contributed by atoms with Gasteiger partial charge in [-0.25, -0.2) is 4.79 Å². The van der Waals surface area contributed by atoms with E-state index in [2.05, 4.69) is 0 Å². The second-order valence-corrected chi connectivity index (χ2v) is 5.23. The van der Waals surface area contributed by atoms with Crippen LogP contribution in [0.15, 0.2) is 34.9 Å². The lowest BCUT2D eigenvalue weighted by molar-refractivity contribution is 0.0473. The highest BCUT2D eigenvalue weighted by Gasteiger charge is 2.17. The van der Waals surface area contributed by atoms with Gasteiger partial charge in [0.1, 0.15) is 11.3 Å². The number of carbonyl (C=O) groups is 2. The Morgan fingerprint density at radius 2 is 2.00 bits per heavy atom. The molecule has 2 aromatic rings. The van der Waals surface area contributed by atoms with Crippen LogP contribution in [0, 0.1) is 6.92 Å². The normalized spacial score (nSPS) is 13.0. The molecule has 1 aliphatic rings. The molecule has 1 aliphatic carbocycles. The number of esters is 1. The molecule has 4 heteroatoms. The van der Waals surface area contributed by atoms with E-state index in [1.54, 1.807) is 6.92 Å². The van der Waals surface area contributed by atoms with Crippen LogP contribution in [0.5, 0.6) is 0 Å². The van der Waals surface area contributed by atoms with Crippen molar-refractivity contribution in [3.8, 4) is 0 Å². The molecule has 0 fully saturated rings. The summed E-state index contributed by atoms with van der Waals surface area (Å²) in [4.78, 5) is 23.9. The van der Waals surface area contributed by atoms with E-state index in [0.717, 1.165) is 19.3 Å². The number of ketones is 1. The molecule has 0 saturated carbocycles. The Bertz CT molecular complexity index is 697. The van der Waals surface area contributed by atoms with Crippen molar-refractivity contribution >= 4 is 11.8 Å². The molecular formula is C17H16O4. The van der Waals surface area contributed by atoms with Crippen molar-refractivity contribution in [1.29, 1.82) is 0 Å². The number of carbonyl (C=O) groups excluding carboxylic acids is 2. The molecule has 0 spiro atoms. The van der Waals surface area contributed by atoms with Gasteiger partial charge < -0.3 is 9.15 Å².